The number of hydrogen-bond donors (Lipinski definition) is 1. The van der Waals surface area contributed by atoms with E-state index in [1.54, 1.807) is 0 Å². The van der Waals surface area contributed by atoms with Gasteiger partial charge in [-0.2, -0.15) is 0 Å². The van der Waals surface area contributed by atoms with Crippen molar-refractivity contribution < 1.29 is 14.3 Å². The highest BCUT2D eigenvalue weighted by molar-refractivity contribution is 5.81. The van der Waals surface area contributed by atoms with Gasteiger partial charge in [0.2, 0.25) is 11.8 Å². The molecule has 1 unspecified atom stereocenters. The molecule has 7 nitrogen and oxygen atoms in total. The predicted octanol–water partition coefficient (Wildman–Crippen LogP) is 0.168. The van der Waals surface area contributed by atoms with Crippen LogP contribution in [0.3, 0.4) is 0 Å². The minimum Gasteiger partial charge on any atom is -0.378 e. The van der Waals surface area contributed by atoms with Gasteiger partial charge in [0.05, 0.1) is 25.8 Å². The van der Waals surface area contributed by atoms with E-state index in [4.69, 9.17) is 4.74 Å². The van der Waals surface area contributed by atoms with E-state index in [0.29, 0.717) is 39.4 Å². The van der Waals surface area contributed by atoms with E-state index in [-0.39, 0.29) is 17.9 Å². The molecule has 0 aromatic heterocycles. The van der Waals surface area contributed by atoms with Gasteiger partial charge in [0, 0.05) is 45.8 Å². The lowest BCUT2D eigenvalue weighted by Gasteiger charge is -2.38. The molecule has 27 heavy (non-hydrogen) atoms. The molecule has 1 N–H and O–H groups in total. The molecule has 2 saturated heterocycles. The van der Waals surface area contributed by atoms with Gasteiger partial charge in [-0.05, 0) is 12.5 Å². The zero-order chi connectivity index (χ0) is 19.1. The molecule has 2 amide bonds. The van der Waals surface area contributed by atoms with Gasteiger partial charge in [0.15, 0.2) is 0 Å². The van der Waals surface area contributed by atoms with E-state index in [0.717, 1.165) is 31.7 Å². The van der Waals surface area contributed by atoms with Crippen molar-refractivity contribution >= 4 is 11.8 Å². The Labute approximate surface area is 161 Å². The summed E-state index contributed by atoms with van der Waals surface area (Å²) in [5.41, 5.74) is 1.10. The Kier molecular flexibility index (Phi) is 7.20. The SMILES string of the molecule is CC(C(=O)NCc1ccccc1)N1CCN(CC(=O)N2CCOCC2)CC1. The molecule has 1 aromatic carbocycles. The first-order chi connectivity index (χ1) is 13.1. The number of rotatable bonds is 6. The van der Waals surface area contributed by atoms with Crippen molar-refractivity contribution in [1.29, 1.82) is 0 Å². The number of nitrogens with zero attached hydrogens (tertiary/aromatic N) is 3. The van der Waals surface area contributed by atoms with Gasteiger partial charge in [-0.1, -0.05) is 30.3 Å². The van der Waals surface area contributed by atoms with Crippen LogP contribution in [0.2, 0.25) is 0 Å². The number of benzene rings is 1. The quantitative estimate of drug-likeness (QED) is 0.769. The highest BCUT2D eigenvalue weighted by Crippen LogP contribution is 2.08. The number of piperazine rings is 1. The number of hydrogen-bond acceptors (Lipinski definition) is 5. The molecule has 2 fully saturated rings. The lowest BCUT2D eigenvalue weighted by molar-refractivity contribution is -0.137. The molecule has 0 saturated carbocycles. The fraction of sp³-hybridized carbons (Fsp3) is 0.600. The molecular formula is C20H30N4O3. The second kappa shape index (κ2) is 9.82. The van der Waals surface area contributed by atoms with Crippen molar-refractivity contribution in [1.82, 2.24) is 20.0 Å². The van der Waals surface area contributed by atoms with Gasteiger partial charge < -0.3 is 15.0 Å². The highest BCUT2D eigenvalue weighted by atomic mass is 16.5. The summed E-state index contributed by atoms with van der Waals surface area (Å²) in [6.07, 6.45) is 0. The number of amides is 2. The number of morpholine rings is 1. The van der Waals surface area contributed by atoms with Crippen LogP contribution in [-0.2, 0) is 20.9 Å². The van der Waals surface area contributed by atoms with Crippen LogP contribution in [0.4, 0.5) is 0 Å². The summed E-state index contributed by atoms with van der Waals surface area (Å²) >= 11 is 0. The van der Waals surface area contributed by atoms with Crippen LogP contribution in [-0.4, -0.2) is 91.6 Å². The molecule has 2 aliphatic rings. The maximum absolute atomic E-state index is 12.4. The van der Waals surface area contributed by atoms with E-state index in [9.17, 15) is 9.59 Å². The number of nitrogens with one attached hydrogen (secondary N) is 1. The highest BCUT2D eigenvalue weighted by Gasteiger charge is 2.27. The monoisotopic (exact) mass is 374 g/mol. The smallest absolute Gasteiger partial charge is 0.237 e. The molecule has 0 bridgehead atoms. The molecule has 7 heteroatoms. The summed E-state index contributed by atoms with van der Waals surface area (Å²) in [4.78, 5) is 31.1. The first-order valence-corrected chi connectivity index (χ1v) is 9.77. The second-order valence-corrected chi connectivity index (χ2v) is 7.18. The van der Waals surface area contributed by atoms with Gasteiger partial charge in [0.1, 0.15) is 0 Å². The third-order valence-electron chi connectivity index (χ3n) is 5.37. The first-order valence-electron chi connectivity index (χ1n) is 9.77. The topological polar surface area (TPSA) is 65.1 Å². The van der Waals surface area contributed by atoms with Crippen molar-refractivity contribution in [2.75, 3.05) is 59.0 Å². The Morgan fingerprint density at radius 2 is 1.70 bits per heavy atom. The van der Waals surface area contributed by atoms with Crippen LogP contribution in [0.1, 0.15) is 12.5 Å². The van der Waals surface area contributed by atoms with Crippen LogP contribution in [0.15, 0.2) is 30.3 Å². The molecule has 0 spiro atoms. The second-order valence-electron chi connectivity index (χ2n) is 7.18. The van der Waals surface area contributed by atoms with Crippen molar-refractivity contribution in [2.24, 2.45) is 0 Å². The Morgan fingerprint density at radius 3 is 2.37 bits per heavy atom. The summed E-state index contributed by atoms with van der Waals surface area (Å²) in [7, 11) is 0. The van der Waals surface area contributed by atoms with E-state index >= 15 is 0 Å². The average Bonchev–Trinajstić information content (AvgIpc) is 2.73. The summed E-state index contributed by atoms with van der Waals surface area (Å²) in [5.74, 6) is 0.233. The van der Waals surface area contributed by atoms with Crippen LogP contribution in [0.25, 0.3) is 0 Å². The lowest BCUT2D eigenvalue weighted by Crippen LogP contribution is -2.55. The van der Waals surface area contributed by atoms with Crippen molar-refractivity contribution in [3.8, 4) is 0 Å². The molecule has 1 aromatic rings. The minimum atomic E-state index is -0.161. The minimum absolute atomic E-state index is 0.0525. The average molecular weight is 374 g/mol. The first kappa shape index (κ1) is 19.8. The van der Waals surface area contributed by atoms with E-state index in [2.05, 4.69) is 15.1 Å². The normalized spacial score (nSPS) is 20.3. The van der Waals surface area contributed by atoms with Gasteiger partial charge in [-0.15, -0.1) is 0 Å². The maximum Gasteiger partial charge on any atom is 0.237 e. The summed E-state index contributed by atoms with van der Waals surface area (Å²) < 4.78 is 5.30. The van der Waals surface area contributed by atoms with E-state index in [1.807, 2.05) is 42.2 Å². The van der Waals surface area contributed by atoms with Gasteiger partial charge in [-0.25, -0.2) is 0 Å². The number of carbonyl (C=O) groups excluding carboxylic acids is 2. The van der Waals surface area contributed by atoms with Crippen molar-refractivity contribution in [2.45, 2.75) is 19.5 Å². The maximum atomic E-state index is 12.4. The standard InChI is InChI=1S/C20H30N4O3/c1-17(20(26)21-15-18-5-3-2-4-6-18)23-9-7-22(8-10-23)16-19(25)24-11-13-27-14-12-24/h2-6,17H,7-16H2,1H3,(H,21,26). The van der Waals surface area contributed by atoms with Crippen LogP contribution in [0, 0.1) is 0 Å². The van der Waals surface area contributed by atoms with Crippen molar-refractivity contribution in [3.05, 3.63) is 35.9 Å². The Balaban J connectivity index is 1.38. The van der Waals surface area contributed by atoms with Crippen LogP contribution < -0.4 is 5.32 Å². The lowest BCUT2D eigenvalue weighted by atomic mass is 10.2. The predicted molar refractivity (Wildman–Crippen MR) is 103 cm³/mol. The molecule has 2 aliphatic heterocycles. The fourth-order valence-corrected chi connectivity index (χ4v) is 3.51. The summed E-state index contributed by atoms with van der Waals surface area (Å²) in [6, 6.07) is 9.78. The fourth-order valence-electron chi connectivity index (χ4n) is 3.51. The molecule has 1 atom stereocenters. The summed E-state index contributed by atoms with van der Waals surface area (Å²) in [5, 5.41) is 3.02. The third-order valence-corrected chi connectivity index (χ3v) is 5.37. The van der Waals surface area contributed by atoms with Gasteiger partial charge in [-0.3, -0.25) is 19.4 Å². The van der Waals surface area contributed by atoms with E-state index < -0.39 is 0 Å². The third kappa shape index (κ3) is 5.76. The number of ether oxygens (including phenoxy) is 1. The number of carbonyl (C=O) groups is 2. The Bertz CT molecular complexity index is 611. The van der Waals surface area contributed by atoms with Gasteiger partial charge in [0.25, 0.3) is 0 Å². The zero-order valence-electron chi connectivity index (χ0n) is 16.1. The molecular weight excluding hydrogens is 344 g/mol. The molecule has 2 heterocycles. The van der Waals surface area contributed by atoms with Crippen LogP contribution in [0.5, 0.6) is 0 Å². The summed E-state index contributed by atoms with van der Waals surface area (Å²) in [6.45, 7) is 8.85. The molecule has 0 radical (unpaired) electrons. The van der Waals surface area contributed by atoms with E-state index in [1.165, 1.54) is 0 Å². The molecule has 0 aliphatic carbocycles. The Morgan fingerprint density at radius 1 is 1.04 bits per heavy atom. The largest absolute Gasteiger partial charge is 0.378 e. The molecule has 3 rings (SSSR count). The van der Waals surface area contributed by atoms with Crippen molar-refractivity contribution in [3.63, 3.8) is 0 Å². The Hall–Kier alpha value is -1.96. The van der Waals surface area contributed by atoms with Crippen LogP contribution >= 0.6 is 0 Å². The zero-order valence-corrected chi connectivity index (χ0v) is 16.1. The molecule has 148 valence electrons. The van der Waals surface area contributed by atoms with Gasteiger partial charge >= 0.3 is 0 Å².